The summed E-state index contributed by atoms with van der Waals surface area (Å²) in [6.45, 7) is 5.23. The molecule has 18 heavy (non-hydrogen) atoms. The number of nitrogens with two attached hydrogens (primary N) is 1. The van der Waals surface area contributed by atoms with Crippen LogP contribution in [-0.4, -0.2) is 15.0 Å². The van der Waals surface area contributed by atoms with Crippen LogP contribution >= 0.6 is 11.3 Å². The van der Waals surface area contributed by atoms with Crippen molar-refractivity contribution in [3.8, 4) is 0 Å². The lowest BCUT2D eigenvalue weighted by Crippen LogP contribution is -2.32. The minimum Gasteiger partial charge on any atom is -0.326 e. The minimum atomic E-state index is -3.36. The molecule has 2 rings (SSSR count). The van der Waals surface area contributed by atoms with Crippen LogP contribution in [-0.2, 0) is 16.6 Å². The van der Waals surface area contributed by atoms with Crippen molar-refractivity contribution in [3.05, 3.63) is 17.0 Å². The van der Waals surface area contributed by atoms with E-state index in [4.69, 9.17) is 5.73 Å². The zero-order valence-corrected chi connectivity index (χ0v) is 12.4. The molecule has 6 heteroatoms. The predicted octanol–water partition coefficient (Wildman–Crippen LogP) is 1.92. The summed E-state index contributed by atoms with van der Waals surface area (Å²) in [4.78, 5) is 0.889. The molecule has 0 aromatic carbocycles. The van der Waals surface area contributed by atoms with Crippen LogP contribution in [0, 0.1) is 11.3 Å². The third-order valence-corrected chi connectivity index (χ3v) is 6.83. The summed E-state index contributed by atoms with van der Waals surface area (Å²) in [6, 6.07) is 3.40. The molecule has 0 spiro atoms. The van der Waals surface area contributed by atoms with Crippen LogP contribution in [0.3, 0.4) is 0 Å². The average molecular weight is 288 g/mol. The Labute approximate surface area is 113 Å². The predicted molar refractivity (Wildman–Crippen MR) is 73.9 cm³/mol. The number of sulfonamides is 1. The zero-order valence-electron chi connectivity index (χ0n) is 10.8. The highest BCUT2D eigenvalue weighted by Crippen LogP contribution is 2.51. The largest absolute Gasteiger partial charge is 0.326 e. The molecule has 0 atom stereocenters. The van der Waals surface area contributed by atoms with Crippen molar-refractivity contribution in [1.82, 2.24) is 4.72 Å². The van der Waals surface area contributed by atoms with Gasteiger partial charge in [-0.25, -0.2) is 13.1 Å². The normalized spacial score (nSPS) is 18.2. The van der Waals surface area contributed by atoms with Gasteiger partial charge in [0.05, 0.1) is 0 Å². The van der Waals surface area contributed by atoms with E-state index in [0.29, 0.717) is 23.2 Å². The quantitative estimate of drug-likeness (QED) is 0.840. The number of hydrogen-bond acceptors (Lipinski definition) is 4. The lowest BCUT2D eigenvalue weighted by atomic mass is 9.93. The van der Waals surface area contributed by atoms with Crippen LogP contribution in [0.2, 0.25) is 0 Å². The summed E-state index contributed by atoms with van der Waals surface area (Å²) in [6.07, 6.45) is 2.23. The maximum atomic E-state index is 12.1. The van der Waals surface area contributed by atoms with Gasteiger partial charge in [0.2, 0.25) is 10.0 Å². The van der Waals surface area contributed by atoms with Crippen molar-refractivity contribution in [2.75, 3.05) is 6.54 Å². The molecule has 0 unspecified atom stereocenters. The summed E-state index contributed by atoms with van der Waals surface area (Å²) >= 11 is 1.24. The highest BCUT2D eigenvalue weighted by Gasteiger charge is 2.45. The molecule has 0 bridgehead atoms. The van der Waals surface area contributed by atoms with E-state index >= 15 is 0 Å². The van der Waals surface area contributed by atoms with Gasteiger partial charge in [0.15, 0.2) is 0 Å². The van der Waals surface area contributed by atoms with Crippen LogP contribution in [0.5, 0.6) is 0 Å². The van der Waals surface area contributed by atoms with E-state index in [1.807, 2.05) is 0 Å². The Balaban J connectivity index is 2.04. The first-order valence-electron chi connectivity index (χ1n) is 6.18. The molecule has 1 aliphatic rings. The lowest BCUT2D eigenvalue weighted by molar-refractivity contribution is 0.357. The molecule has 1 aromatic heterocycles. The highest BCUT2D eigenvalue weighted by molar-refractivity contribution is 7.91. The van der Waals surface area contributed by atoms with E-state index < -0.39 is 10.0 Å². The molecule has 0 radical (unpaired) electrons. The Morgan fingerprint density at radius 2 is 2.11 bits per heavy atom. The summed E-state index contributed by atoms with van der Waals surface area (Å²) < 4.78 is 27.3. The summed E-state index contributed by atoms with van der Waals surface area (Å²) in [7, 11) is -3.36. The second-order valence-corrected chi connectivity index (χ2v) is 8.43. The second-order valence-electron chi connectivity index (χ2n) is 5.27. The smallest absolute Gasteiger partial charge is 0.250 e. The average Bonchev–Trinajstić information content (AvgIpc) is 2.96. The van der Waals surface area contributed by atoms with Crippen molar-refractivity contribution in [3.63, 3.8) is 0 Å². The van der Waals surface area contributed by atoms with E-state index in [-0.39, 0.29) is 5.41 Å². The SMILES string of the molecule is CC(C)C1(CNS(=O)(=O)c2ccc(CN)s2)CC1. The van der Waals surface area contributed by atoms with Crippen molar-refractivity contribution < 1.29 is 8.42 Å². The molecule has 1 saturated carbocycles. The van der Waals surface area contributed by atoms with E-state index in [0.717, 1.165) is 17.7 Å². The molecule has 1 heterocycles. The van der Waals surface area contributed by atoms with Gasteiger partial charge in [-0.05, 0) is 36.3 Å². The van der Waals surface area contributed by atoms with E-state index in [1.54, 1.807) is 12.1 Å². The van der Waals surface area contributed by atoms with Crippen molar-refractivity contribution in [1.29, 1.82) is 0 Å². The second kappa shape index (κ2) is 4.92. The van der Waals surface area contributed by atoms with Crippen LogP contribution in [0.15, 0.2) is 16.3 Å². The van der Waals surface area contributed by atoms with Crippen molar-refractivity contribution >= 4 is 21.4 Å². The fraction of sp³-hybridized carbons (Fsp3) is 0.667. The number of thiophene rings is 1. The third kappa shape index (κ3) is 2.77. The van der Waals surface area contributed by atoms with Gasteiger partial charge in [0.1, 0.15) is 4.21 Å². The summed E-state index contributed by atoms with van der Waals surface area (Å²) in [5, 5.41) is 0. The molecule has 1 fully saturated rings. The van der Waals surface area contributed by atoms with Gasteiger partial charge < -0.3 is 5.73 Å². The Hall–Kier alpha value is -0.430. The number of rotatable bonds is 6. The molecule has 0 aliphatic heterocycles. The van der Waals surface area contributed by atoms with Crippen molar-refractivity contribution in [2.45, 2.75) is 37.4 Å². The maximum absolute atomic E-state index is 12.1. The lowest BCUT2D eigenvalue weighted by Gasteiger charge is -2.19. The van der Waals surface area contributed by atoms with Gasteiger partial charge in [-0.1, -0.05) is 13.8 Å². The fourth-order valence-electron chi connectivity index (χ4n) is 2.04. The molecular weight excluding hydrogens is 268 g/mol. The topological polar surface area (TPSA) is 72.2 Å². The molecule has 3 N–H and O–H groups in total. The minimum absolute atomic E-state index is 0.182. The Kier molecular flexibility index (Phi) is 3.82. The Bertz CT molecular complexity index is 516. The van der Waals surface area contributed by atoms with Crippen molar-refractivity contribution in [2.24, 2.45) is 17.1 Å². The zero-order chi connectivity index (χ0) is 13.4. The first kappa shape index (κ1) is 14.0. The van der Waals surface area contributed by atoms with Gasteiger partial charge >= 0.3 is 0 Å². The van der Waals surface area contributed by atoms with Gasteiger partial charge in [-0.15, -0.1) is 11.3 Å². The molecular formula is C12H20N2O2S2. The summed E-state index contributed by atoms with van der Waals surface area (Å²) in [5.74, 6) is 0.517. The van der Waals surface area contributed by atoms with E-state index in [2.05, 4.69) is 18.6 Å². The molecule has 1 aromatic rings. The summed E-state index contributed by atoms with van der Waals surface area (Å²) in [5.41, 5.74) is 5.68. The standard InChI is InChI=1S/C12H20N2O2S2/c1-9(2)12(5-6-12)8-14-18(15,16)11-4-3-10(7-13)17-11/h3-4,9,14H,5-8,13H2,1-2H3. The Morgan fingerprint density at radius 3 is 2.56 bits per heavy atom. The Morgan fingerprint density at radius 1 is 1.44 bits per heavy atom. The molecule has 4 nitrogen and oxygen atoms in total. The molecule has 102 valence electrons. The number of nitrogens with one attached hydrogen (secondary N) is 1. The van der Waals surface area contributed by atoms with Crippen LogP contribution < -0.4 is 10.5 Å². The van der Waals surface area contributed by atoms with Gasteiger partial charge in [0, 0.05) is 18.0 Å². The van der Waals surface area contributed by atoms with Gasteiger partial charge in [-0.2, -0.15) is 0 Å². The number of hydrogen-bond donors (Lipinski definition) is 2. The monoisotopic (exact) mass is 288 g/mol. The fourth-order valence-corrected chi connectivity index (χ4v) is 4.46. The van der Waals surface area contributed by atoms with Crippen LogP contribution in [0.1, 0.15) is 31.6 Å². The molecule has 0 amide bonds. The molecule has 0 saturated heterocycles. The first-order valence-corrected chi connectivity index (χ1v) is 8.48. The van der Waals surface area contributed by atoms with E-state index in [9.17, 15) is 8.42 Å². The van der Waals surface area contributed by atoms with Gasteiger partial charge in [-0.3, -0.25) is 0 Å². The first-order chi connectivity index (χ1) is 8.39. The van der Waals surface area contributed by atoms with E-state index in [1.165, 1.54) is 11.3 Å². The van der Waals surface area contributed by atoms with Crippen LogP contribution in [0.25, 0.3) is 0 Å². The maximum Gasteiger partial charge on any atom is 0.250 e. The highest BCUT2D eigenvalue weighted by atomic mass is 32.2. The van der Waals surface area contributed by atoms with Gasteiger partial charge in [0.25, 0.3) is 0 Å². The third-order valence-electron chi connectivity index (χ3n) is 3.83. The molecule has 1 aliphatic carbocycles. The van der Waals surface area contributed by atoms with Crippen LogP contribution in [0.4, 0.5) is 0 Å².